The lowest BCUT2D eigenvalue weighted by Gasteiger charge is -2.32. The second-order valence-corrected chi connectivity index (χ2v) is 8.03. The number of benzene rings is 1. The van der Waals surface area contributed by atoms with Crippen LogP contribution in [-0.4, -0.2) is 18.3 Å². The van der Waals surface area contributed by atoms with Crippen LogP contribution in [0.3, 0.4) is 0 Å². The second-order valence-electron chi connectivity index (χ2n) is 8.03. The van der Waals surface area contributed by atoms with Gasteiger partial charge in [0.2, 0.25) is 0 Å². The summed E-state index contributed by atoms with van der Waals surface area (Å²) in [7, 11) is -0.402. The summed E-state index contributed by atoms with van der Waals surface area (Å²) in [4.78, 5) is 0. The molecule has 0 bridgehead atoms. The second kappa shape index (κ2) is 8.50. The minimum atomic E-state index is -0.402. The van der Waals surface area contributed by atoms with Gasteiger partial charge in [-0.25, -0.2) is 4.39 Å². The quantitative estimate of drug-likeness (QED) is 0.528. The largest absolute Gasteiger partial charge is 0.465 e. The van der Waals surface area contributed by atoms with Crippen LogP contribution in [0.5, 0.6) is 0 Å². The van der Waals surface area contributed by atoms with Crippen LogP contribution in [0.15, 0.2) is 42.2 Å². The smallest absolute Gasteiger partial charge is 0.403 e. The van der Waals surface area contributed by atoms with E-state index in [1.54, 1.807) is 6.08 Å². The standard InChI is InChI=1S/C21H32BFO2/c1-6-7-13-19(23)16-18(15-14-17-11-9-8-10-12-17)22-24-20(2,3)21(4,5)25-22/h8-12,16,18H,6-7,13-15H2,1-5H3/b19-16-/t18-/m0/s1. The van der Waals surface area contributed by atoms with Crippen LogP contribution in [0.4, 0.5) is 4.39 Å². The van der Waals surface area contributed by atoms with Gasteiger partial charge in [-0.05, 0) is 58.9 Å². The number of hydrogen-bond acceptors (Lipinski definition) is 2. The van der Waals surface area contributed by atoms with Crippen LogP contribution in [0.25, 0.3) is 0 Å². The number of allylic oxidation sites excluding steroid dienone is 2. The lowest BCUT2D eigenvalue weighted by molar-refractivity contribution is 0.00578. The number of aryl methyl sites for hydroxylation is 1. The van der Waals surface area contributed by atoms with Gasteiger partial charge in [-0.1, -0.05) is 49.8 Å². The van der Waals surface area contributed by atoms with E-state index in [0.29, 0.717) is 6.42 Å². The van der Waals surface area contributed by atoms with Crippen LogP contribution >= 0.6 is 0 Å². The number of hydrogen-bond donors (Lipinski definition) is 0. The molecule has 0 aromatic heterocycles. The van der Waals surface area contributed by atoms with Gasteiger partial charge >= 0.3 is 7.12 Å². The van der Waals surface area contributed by atoms with Gasteiger partial charge in [0.1, 0.15) is 0 Å². The van der Waals surface area contributed by atoms with E-state index in [9.17, 15) is 4.39 Å². The predicted octanol–water partition coefficient (Wildman–Crippen LogP) is 6.13. The zero-order chi connectivity index (χ0) is 18.5. The van der Waals surface area contributed by atoms with Gasteiger partial charge in [0.25, 0.3) is 0 Å². The van der Waals surface area contributed by atoms with E-state index >= 15 is 0 Å². The maximum Gasteiger partial charge on any atom is 0.465 e. The Kier molecular flexibility index (Phi) is 6.87. The van der Waals surface area contributed by atoms with E-state index in [0.717, 1.165) is 25.7 Å². The molecule has 1 aromatic rings. The average molecular weight is 346 g/mol. The third kappa shape index (κ3) is 5.42. The lowest BCUT2D eigenvalue weighted by Crippen LogP contribution is -2.41. The average Bonchev–Trinajstić information content (AvgIpc) is 2.78. The molecule has 0 unspecified atom stereocenters. The first-order valence-corrected chi connectivity index (χ1v) is 9.51. The number of unbranched alkanes of at least 4 members (excludes halogenated alkanes) is 1. The van der Waals surface area contributed by atoms with E-state index in [2.05, 4.69) is 19.1 Å². The highest BCUT2D eigenvalue weighted by Crippen LogP contribution is 2.41. The molecule has 0 spiro atoms. The van der Waals surface area contributed by atoms with Crippen molar-refractivity contribution in [3.8, 4) is 0 Å². The third-order valence-electron chi connectivity index (χ3n) is 5.39. The van der Waals surface area contributed by atoms with E-state index in [1.165, 1.54) is 5.56 Å². The Labute approximate surface area is 152 Å². The summed E-state index contributed by atoms with van der Waals surface area (Å²) in [5.74, 6) is -0.132. The van der Waals surface area contributed by atoms with E-state index in [1.807, 2.05) is 45.9 Å². The predicted molar refractivity (Wildman–Crippen MR) is 103 cm³/mol. The van der Waals surface area contributed by atoms with Crippen LogP contribution in [-0.2, 0) is 15.7 Å². The van der Waals surface area contributed by atoms with Crippen LogP contribution < -0.4 is 0 Å². The molecule has 1 aliphatic heterocycles. The van der Waals surface area contributed by atoms with E-state index in [4.69, 9.17) is 9.31 Å². The Hall–Kier alpha value is -1.13. The van der Waals surface area contributed by atoms with Gasteiger partial charge in [-0.2, -0.15) is 0 Å². The molecule has 1 saturated heterocycles. The summed E-state index contributed by atoms with van der Waals surface area (Å²) >= 11 is 0. The van der Waals surface area contributed by atoms with Gasteiger partial charge < -0.3 is 9.31 Å². The fraction of sp³-hybridized carbons (Fsp3) is 0.619. The molecule has 1 aromatic carbocycles. The van der Waals surface area contributed by atoms with Gasteiger partial charge in [0, 0.05) is 5.82 Å². The molecular weight excluding hydrogens is 314 g/mol. The SMILES string of the molecule is CCCC/C(F)=C/[C@H](CCc1ccccc1)B1OC(C)(C)C(C)(C)O1. The highest BCUT2D eigenvalue weighted by molar-refractivity contribution is 6.48. The van der Waals surface area contributed by atoms with Crippen molar-refractivity contribution in [3.05, 3.63) is 47.8 Å². The highest BCUT2D eigenvalue weighted by Gasteiger charge is 2.53. The zero-order valence-electron chi connectivity index (χ0n) is 16.3. The molecule has 1 heterocycles. The van der Waals surface area contributed by atoms with Crippen molar-refractivity contribution < 1.29 is 13.7 Å². The molecule has 0 saturated carbocycles. The van der Waals surface area contributed by atoms with Crippen molar-refractivity contribution in [1.82, 2.24) is 0 Å². The molecule has 1 atom stereocenters. The summed E-state index contributed by atoms with van der Waals surface area (Å²) in [6.07, 6.45) is 5.79. The molecule has 0 aliphatic carbocycles. The number of rotatable bonds is 8. The topological polar surface area (TPSA) is 18.5 Å². The molecule has 0 amide bonds. The molecule has 1 fully saturated rings. The molecule has 1 aliphatic rings. The Bertz CT molecular complexity index is 553. The Morgan fingerprint density at radius 3 is 2.28 bits per heavy atom. The van der Waals surface area contributed by atoms with Crippen molar-refractivity contribution >= 4 is 7.12 Å². The van der Waals surface area contributed by atoms with E-state index in [-0.39, 0.29) is 11.6 Å². The first-order chi connectivity index (χ1) is 11.7. The normalized spacial score (nSPS) is 20.7. The monoisotopic (exact) mass is 346 g/mol. The fourth-order valence-corrected chi connectivity index (χ4v) is 3.00. The molecule has 2 nitrogen and oxygen atoms in total. The molecule has 25 heavy (non-hydrogen) atoms. The highest BCUT2D eigenvalue weighted by atomic mass is 19.1. The lowest BCUT2D eigenvalue weighted by atomic mass is 9.68. The van der Waals surface area contributed by atoms with Crippen molar-refractivity contribution in [3.63, 3.8) is 0 Å². The maximum atomic E-state index is 14.4. The fourth-order valence-electron chi connectivity index (χ4n) is 3.00. The van der Waals surface area contributed by atoms with Crippen molar-refractivity contribution in [2.45, 2.75) is 83.7 Å². The van der Waals surface area contributed by atoms with Crippen molar-refractivity contribution in [1.29, 1.82) is 0 Å². The van der Waals surface area contributed by atoms with Gasteiger partial charge in [0.05, 0.1) is 17.0 Å². The molecule has 0 N–H and O–H groups in total. The van der Waals surface area contributed by atoms with Gasteiger partial charge in [-0.15, -0.1) is 0 Å². The summed E-state index contributed by atoms with van der Waals surface area (Å²) in [6.45, 7) is 10.2. The maximum absolute atomic E-state index is 14.4. The zero-order valence-corrected chi connectivity index (χ0v) is 16.3. The van der Waals surface area contributed by atoms with Gasteiger partial charge in [0.15, 0.2) is 0 Å². The Morgan fingerprint density at radius 1 is 1.12 bits per heavy atom. The summed E-state index contributed by atoms with van der Waals surface area (Å²) < 4.78 is 26.7. The molecule has 4 heteroatoms. The van der Waals surface area contributed by atoms with E-state index < -0.39 is 18.3 Å². The van der Waals surface area contributed by atoms with Crippen LogP contribution in [0, 0.1) is 0 Å². The summed E-state index contributed by atoms with van der Waals surface area (Å²) in [5, 5.41) is 0. The first-order valence-electron chi connectivity index (χ1n) is 9.51. The van der Waals surface area contributed by atoms with Crippen LogP contribution in [0.1, 0.15) is 65.9 Å². The Balaban J connectivity index is 2.12. The third-order valence-corrected chi connectivity index (χ3v) is 5.39. The first kappa shape index (κ1) is 20.2. The van der Waals surface area contributed by atoms with Crippen molar-refractivity contribution in [2.24, 2.45) is 0 Å². The van der Waals surface area contributed by atoms with Crippen molar-refractivity contribution in [2.75, 3.05) is 0 Å². The number of halogens is 1. The summed E-state index contributed by atoms with van der Waals surface area (Å²) in [5.41, 5.74) is 0.471. The summed E-state index contributed by atoms with van der Waals surface area (Å²) in [6, 6.07) is 10.3. The van der Waals surface area contributed by atoms with Crippen LogP contribution in [0.2, 0.25) is 5.82 Å². The molecule has 2 rings (SSSR count). The molecular formula is C21H32BFO2. The minimum absolute atomic E-state index is 0.0466. The molecule has 0 radical (unpaired) electrons. The molecule has 138 valence electrons. The minimum Gasteiger partial charge on any atom is -0.403 e. The Morgan fingerprint density at radius 2 is 1.72 bits per heavy atom. The van der Waals surface area contributed by atoms with Gasteiger partial charge in [-0.3, -0.25) is 0 Å².